The Hall–Kier alpha value is -0.690. The van der Waals surface area contributed by atoms with Crippen molar-refractivity contribution in [1.82, 2.24) is 0 Å². The maximum absolute atomic E-state index is 11.4. The average molecular weight is 304 g/mol. The zero-order valence-corrected chi connectivity index (χ0v) is 13.5. The molecule has 0 unspecified atom stereocenters. The van der Waals surface area contributed by atoms with Crippen LogP contribution in [0.5, 0.6) is 0 Å². The molecule has 0 bridgehead atoms. The molecule has 0 aromatic rings. The Morgan fingerprint density at radius 1 is 1.29 bits per heavy atom. The van der Waals surface area contributed by atoms with Crippen LogP contribution in [0.25, 0.3) is 0 Å². The quantitative estimate of drug-likeness (QED) is 0.476. The largest absolute Gasteiger partial charge is 0.457 e. The fraction of sp³-hybridized carbons (Fsp3) is 0.933. The summed E-state index contributed by atoms with van der Waals surface area (Å²) in [4.78, 5) is 11.4. The van der Waals surface area contributed by atoms with E-state index in [9.17, 15) is 4.79 Å². The SMILES string of the molecule is CCCCO[C@H]1[C@H](OC(C)=O)[C@@H](COCC)OC[C@@H]1OC. The molecule has 0 saturated carbocycles. The Morgan fingerprint density at radius 3 is 2.62 bits per heavy atom. The highest BCUT2D eigenvalue weighted by atomic mass is 16.6. The van der Waals surface area contributed by atoms with Gasteiger partial charge in [-0.2, -0.15) is 0 Å². The molecule has 1 rings (SSSR count). The lowest BCUT2D eigenvalue weighted by molar-refractivity contribution is -0.231. The minimum Gasteiger partial charge on any atom is -0.457 e. The van der Waals surface area contributed by atoms with E-state index in [4.69, 9.17) is 23.7 Å². The molecule has 0 amide bonds. The van der Waals surface area contributed by atoms with Crippen molar-refractivity contribution in [2.45, 2.75) is 58.0 Å². The highest BCUT2D eigenvalue weighted by molar-refractivity contribution is 5.66. The minimum absolute atomic E-state index is 0.246. The van der Waals surface area contributed by atoms with E-state index in [1.807, 2.05) is 6.92 Å². The standard InChI is InChI=1S/C15H28O6/c1-5-7-8-19-14-12(17-4)10-20-13(9-18-6-2)15(14)21-11(3)16/h12-15H,5-10H2,1-4H3/t12-,13+,14+,15+/m0/s1. The second-order valence-corrected chi connectivity index (χ2v) is 5.07. The summed E-state index contributed by atoms with van der Waals surface area (Å²) < 4.78 is 27.9. The van der Waals surface area contributed by atoms with Gasteiger partial charge in [-0.05, 0) is 13.3 Å². The molecule has 6 nitrogen and oxygen atoms in total. The van der Waals surface area contributed by atoms with Gasteiger partial charge in [-0.15, -0.1) is 0 Å². The zero-order chi connectivity index (χ0) is 15.7. The van der Waals surface area contributed by atoms with Gasteiger partial charge in [0.05, 0.1) is 13.2 Å². The molecule has 0 aromatic heterocycles. The van der Waals surface area contributed by atoms with E-state index >= 15 is 0 Å². The maximum Gasteiger partial charge on any atom is 0.303 e. The van der Waals surface area contributed by atoms with Gasteiger partial charge in [-0.25, -0.2) is 0 Å². The Bertz CT molecular complexity index is 296. The number of rotatable bonds is 9. The molecule has 1 saturated heterocycles. The maximum atomic E-state index is 11.4. The van der Waals surface area contributed by atoms with Crippen molar-refractivity contribution < 1.29 is 28.5 Å². The predicted octanol–water partition coefficient (Wildman–Crippen LogP) is 1.55. The fourth-order valence-electron chi connectivity index (χ4n) is 2.31. The fourth-order valence-corrected chi connectivity index (χ4v) is 2.31. The summed E-state index contributed by atoms with van der Waals surface area (Å²) in [6, 6.07) is 0. The monoisotopic (exact) mass is 304 g/mol. The van der Waals surface area contributed by atoms with Gasteiger partial charge in [0.25, 0.3) is 0 Å². The summed E-state index contributed by atoms with van der Waals surface area (Å²) in [5.41, 5.74) is 0. The number of carbonyl (C=O) groups excluding carboxylic acids is 1. The smallest absolute Gasteiger partial charge is 0.303 e. The molecular formula is C15H28O6. The van der Waals surface area contributed by atoms with Crippen molar-refractivity contribution in [2.24, 2.45) is 0 Å². The zero-order valence-electron chi connectivity index (χ0n) is 13.5. The van der Waals surface area contributed by atoms with Crippen molar-refractivity contribution >= 4 is 5.97 Å². The third-order valence-electron chi connectivity index (χ3n) is 3.43. The highest BCUT2D eigenvalue weighted by Crippen LogP contribution is 2.24. The Labute approximate surface area is 127 Å². The summed E-state index contributed by atoms with van der Waals surface area (Å²) in [6.07, 6.45) is 0.586. The molecule has 21 heavy (non-hydrogen) atoms. The molecule has 0 aliphatic carbocycles. The number of carbonyl (C=O) groups is 1. The van der Waals surface area contributed by atoms with Crippen LogP contribution in [-0.4, -0.2) is 63.9 Å². The van der Waals surface area contributed by atoms with Crippen LogP contribution in [0.1, 0.15) is 33.6 Å². The summed E-state index contributed by atoms with van der Waals surface area (Å²) in [5, 5.41) is 0. The van der Waals surface area contributed by atoms with Crippen LogP contribution in [0.3, 0.4) is 0 Å². The van der Waals surface area contributed by atoms with E-state index in [-0.39, 0.29) is 24.3 Å². The van der Waals surface area contributed by atoms with Crippen LogP contribution in [0.4, 0.5) is 0 Å². The molecule has 1 aliphatic heterocycles. The molecule has 0 radical (unpaired) electrons. The van der Waals surface area contributed by atoms with Gasteiger partial charge >= 0.3 is 5.97 Å². The van der Waals surface area contributed by atoms with Crippen LogP contribution in [0.15, 0.2) is 0 Å². The van der Waals surface area contributed by atoms with Gasteiger partial charge < -0.3 is 23.7 Å². The van der Waals surface area contributed by atoms with Crippen LogP contribution in [0.2, 0.25) is 0 Å². The molecule has 1 heterocycles. The number of esters is 1. The summed E-state index contributed by atoms with van der Waals surface area (Å²) in [5.74, 6) is -0.356. The molecule has 6 heteroatoms. The van der Waals surface area contributed by atoms with E-state index in [2.05, 4.69) is 6.92 Å². The predicted molar refractivity (Wildman–Crippen MR) is 77.2 cm³/mol. The van der Waals surface area contributed by atoms with Crippen molar-refractivity contribution in [3.05, 3.63) is 0 Å². The molecule has 0 N–H and O–H groups in total. The van der Waals surface area contributed by atoms with Crippen LogP contribution in [-0.2, 0) is 28.5 Å². The van der Waals surface area contributed by atoms with Crippen molar-refractivity contribution in [2.75, 3.05) is 33.5 Å². The lowest BCUT2D eigenvalue weighted by Gasteiger charge is -2.41. The number of hydrogen-bond acceptors (Lipinski definition) is 6. The van der Waals surface area contributed by atoms with E-state index in [1.165, 1.54) is 6.92 Å². The molecule has 0 spiro atoms. The first-order chi connectivity index (χ1) is 10.1. The first-order valence-corrected chi connectivity index (χ1v) is 7.64. The van der Waals surface area contributed by atoms with E-state index in [0.29, 0.717) is 26.4 Å². The van der Waals surface area contributed by atoms with Crippen molar-refractivity contribution in [3.63, 3.8) is 0 Å². The summed E-state index contributed by atoms with van der Waals surface area (Å²) in [6.45, 7) is 7.37. The third kappa shape index (κ3) is 5.90. The Balaban J connectivity index is 2.76. The lowest BCUT2D eigenvalue weighted by Crippen LogP contribution is -2.57. The second kappa shape index (κ2) is 10.1. The minimum atomic E-state index is -0.510. The van der Waals surface area contributed by atoms with Crippen molar-refractivity contribution in [3.8, 4) is 0 Å². The Kier molecular flexibility index (Phi) is 8.84. The molecular weight excluding hydrogens is 276 g/mol. The normalized spacial score (nSPS) is 29.3. The summed E-state index contributed by atoms with van der Waals surface area (Å²) in [7, 11) is 1.61. The lowest BCUT2D eigenvalue weighted by atomic mass is 9.99. The second-order valence-electron chi connectivity index (χ2n) is 5.07. The topological polar surface area (TPSA) is 63.2 Å². The van der Waals surface area contributed by atoms with Gasteiger partial charge in [0.1, 0.15) is 18.3 Å². The van der Waals surface area contributed by atoms with Gasteiger partial charge in [0, 0.05) is 27.2 Å². The first kappa shape index (κ1) is 18.4. The van der Waals surface area contributed by atoms with E-state index < -0.39 is 6.10 Å². The van der Waals surface area contributed by atoms with E-state index in [0.717, 1.165) is 12.8 Å². The first-order valence-electron chi connectivity index (χ1n) is 7.64. The number of unbranched alkanes of at least 4 members (excludes halogenated alkanes) is 1. The van der Waals surface area contributed by atoms with Crippen molar-refractivity contribution in [1.29, 1.82) is 0 Å². The number of ether oxygens (including phenoxy) is 5. The van der Waals surface area contributed by atoms with E-state index in [1.54, 1.807) is 7.11 Å². The third-order valence-corrected chi connectivity index (χ3v) is 3.43. The molecule has 1 fully saturated rings. The van der Waals surface area contributed by atoms with Gasteiger partial charge in [-0.3, -0.25) is 4.79 Å². The van der Waals surface area contributed by atoms with Gasteiger partial charge in [-0.1, -0.05) is 13.3 Å². The van der Waals surface area contributed by atoms with Crippen LogP contribution >= 0.6 is 0 Å². The molecule has 0 aromatic carbocycles. The molecule has 124 valence electrons. The van der Waals surface area contributed by atoms with Crippen LogP contribution in [0, 0.1) is 0 Å². The number of hydrogen-bond donors (Lipinski definition) is 0. The molecule has 1 aliphatic rings. The van der Waals surface area contributed by atoms with Crippen LogP contribution < -0.4 is 0 Å². The Morgan fingerprint density at radius 2 is 2.05 bits per heavy atom. The molecule has 4 atom stereocenters. The van der Waals surface area contributed by atoms with Gasteiger partial charge in [0.15, 0.2) is 6.10 Å². The average Bonchev–Trinajstić information content (AvgIpc) is 2.46. The number of methoxy groups -OCH3 is 1. The van der Waals surface area contributed by atoms with Gasteiger partial charge in [0.2, 0.25) is 0 Å². The summed E-state index contributed by atoms with van der Waals surface area (Å²) >= 11 is 0. The highest BCUT2D eigenvalue weighted by Gasteiger charge is 2.43.